The SMILES string of the molecule is CN1CCCC1COc1nc2cnccc2c(Br)c1F. The normalized spacial score (nSPS) is 19.6. The Bertz CT molecular complexity index is 637. The molecule has 3 rings (SSSR count). The highest BCUT2D eigenvalue weighted by atomic mass is 79.9. The van der Waals surface area contributed by atoms with E-state index in [0.29, 0.717) is 28.0 Å². The summed E-state index contributed by atoms with van der Waals surface area (Å²) in [4.78, 5) is 10.4. The van der Waals surface area contributed by atoms with Crippen LogP contribution in [0.4, 0.5) is 4.39 Å². The van der Waals surface area contributed by atoms with Gasteiger partial charge in [0.05, 0.1) is 16.2 Å². The van der Waals surface area contributed by atoms with E-state index in [2.05, 4.69) is 37.8 Å². The molecule has 4 nitrogen and oxygen atoms in total. The summed E-state index contributed by atoms with van der Waals surface area (Å²) in [5, 5.41) is 0.697. The number of halogens is 2. The molecule has 6 heteroatoms. The van der Waals surface area contributed by atoms with Gasteiger partial charge in [-0.1, -0.05) is 0 Å². The molecule has 1 atom stereocenters. The Morgan fingerprint density at radius 2 is 2.40 bits per heavy atom. The number of pyridine rings is 2. The Balaban J connectivity index is 1.86. The fourth-order valence-electron chi connectivity index (χ4n) is 2.49. The topological polar surface area (TPSA) is 38.2 Å². The Labute approximate surface area is 125 Å². The Morgan fingerprint density at radius 1 is 1.55 bits per heavy atom. The maximum atomic E-state index is 14.2. The van der Waals surface area contributed by atoms with Crippen molar-refractivity contribution in [2.45, 2.75) is 18.9 Å². The first kappa shape index (κ1) is 13.7. The number of likely N-dealkylation sites (N-methyl/N-ethyl adjacent to an activating group) is 1. The second-order valence-electron chi connectivity index (χ2n) is 5.03. The van der Waals surface area contributed by atoms with E-state index in [4.69, 9.17) is 4.74 Å². The van der Waals surface area contributed by atoms with E-state index in [9.17, 15) is 4.39 Å². The minimum atomic E-state index is -0.454. The molecule has 0 amide bonds. The Hall–Kier alpha value is -1.27. The van der Waals surface area contributed by atoms with Crippen LogP contribution in [0.15, 0.2) is 22.9 Å². The molecule has 2 aromatic heterocycles. The summed E-state index contributed by atoms with van der Waals surface area (Å²) in [5.74, 6) is -0.415. The van der Waals surface area contributed by atoms with E-state index in [1.54, 1.807) is 18.5 Å². The largest absolute Gasteiger partial charge is 0.474 e. The summed E-state index contributed by atoms with van der Waals surface area (Å²) in [6, 6.07) is 2.06. The summed E-state index contributed by atoms with van der Waals surface area (Å²) < 4.78 is 20.2. The van der Waals surface area contributed by atoms with Crippen LogP contribution in [-0.2, 0) is 0 Å². The monoisotopic (exact) mass is 339 g/mol. The predicted molar refractivity (Wildman–Crippen MR) is 78.3 cm³/mol. The van der Waals surface area contributed by atoms with Gasteiger partial charge in [-0.05, 0) is 48.4 Å². The van der Waals surface area contributed by atoms with Crippen LogP contribution in [0.5, 0.6) is 5.88 Å². The molecule has 106 valence electrons. The average molecular weight is 340 g/mol. The zero-order chi connectivity index (χ0) is 14.1. The first-order valence-electron chi connectivity index (χ1n) is 6.58. The fraction of sp³-hybridized carbons (Fsp3) is 0.429. The van der Waals surface area contributed by atoms with Crippen LogP contribution < -0.4 is 4.74 Å². The van der Waals surface area contributed by atoms with E-state index in [0.717, 1.165) is 19.4 Å². The van der Waals surface area contributed by atoms with Gasteiger partial charge in [-0.2, -0.15) is 4.39 Å². The Kier molecular flexibility index (Phi) is 3.85. The van der Waals surface area contributed by atoms with Crippen LogP contribution in [0, 0.1) is 5.82 Å². The molecule has 0 radical (unpaired) electrons. The van der Waals surface area contributed by atoms with Crippen LogP contribution in [-0.4, -0.2) is 41.1 Å². The second-order valence-corrected chi connectivity index (χ2v) is 5.82. The molecule has 0 N–H and O–H groups in total. The van der Waals surface area contributed by atoms with Crippen LogP contribution in [0.2, 0.25) is 0 Å². The smallest absolute Gasteiger partial charge is 0.252 e. The molecule has 1 unspecified atom stereocenters. The maximum absolute atomic E-state index is 14.2. The highest BCUT2D eigenvalue weighted by Crippen LogP contribution is 2.30. The highest BCUT2D eigenvalue weighted by molar-refractivity contribution is 9.10. The zero-order valence-corrected chi connectivity index (χ0v) is 12.7. The van der Waals surface area contributed by atoms with Crippen molar-refractivity contribution in [1.29, 1.82) is 0 Å². The van der Waals surface area contributed by atoms with E-state index >= 15 is 0 Å². The number of aromatic nitrogens is 2. The van der Waals surface area contributed by atoms with Gasteiger partial charge in [0.15, 0.2) is 5.82 Å². The third-order valence-electron chi connectivity index (χ3n) is 3.72. The van der Waals surface area contributed by atoms with Crippen molar-refractivity contribution < 1.29 is 9.13 Å². The minimum absolute atomic E-state index is 0.0395. The lowest BCUT2D eigenvalue weighted by atomic mass is 10.2. The summed E-state index contributed by atoms with van der Waals surface area (Å²) in [6.45, 7) is 1.52. The molecule has 0 spiro atoms. The highest BCUT2D eigenvalue weighted by Gasteiger charge is 2.23. The first-order valence-corrected chi connectivity index (χ1v) is 7.38. The summed E-state index contributed by atoms with van der Waals surface area (Å²) >= 11 is 3.26. The van der Waals surface area contributed by atoms with Gasteiger partial charge in [-0.15, -0.1) is 0 Å². The van der Waals surface area contributed by atoms with Gasteiger partial charge in [0.1, 0.15) is 6.61 Å². The second kappa shape index (κ2) is 5.61. The lowest BCUT2D eigenvalue weighted by molar-refractivity contribution is 0.187. The van der Waals surface area contributed by atoms with E-state index in [1.165, 1.54) is 0 Å². The quantitative estimate of drug-likeness (QED) is 0.861. The van der Waals surface area contributed by atoms with Gasteiger partial charge >= 0.3 is 0 Å². The van der Waals surface area contributed by atoms with E-state index in [-0.39, 0.29) is 5.88 Å². The maximum Gasteiger partial charge on any atom is 0.252 e. The lowest BCUT2D eigenvalue weighted by Gasteiger charge is -2.19. The molecular formula is C14H15BrFN3O. The van der Waals surface area contributed by atoms with Crippen LogP contribution >= 0.6 is 15.9 Å². The third-order valence-corrected chi connectivity index (χ3v) is 4.50. The van der Waals surface area contributed by atoms with Gasteiger partial charge in [-0.25, -0.2) is 4.98 Å². The Morgan fingerprint density at radius 3 is 3.15 bits per heavy atom. The van der Waals surface area contributed by atoms with Gasteiger partial charge in [0.25, 0.3) is 5.88 Å². The molecule has 1 aliphatic rings. The molecule has 20 heavy (non-hydrogen) atoms. The number of hydrogen-bond donors (Lipinski definition) is 0. The van der Waals surface area contributed by atoms with E-state index < -0.39 is 5.82 Å². The molecule has 3 heterocycles. The molecule has 0 aromatic carbocycles. The van der Waals surface area contributed by atoms with Gasteiger partial charge in [0, 0.05) is 17.6 Å². The fourth-order valence-corrected chi connectivity index (χ4v) is 3.00. The van der Waals surface area contributed by atoms with Crippen molar-refractivity contribution in [1.82, 2.24) is 14.9 Å². The average Bonchev–Trinajstić information content (AvgIpc) is 2.87. The lowest BCUT2D eigenvalue weighted by Crippen LogP contribution is -2.30. The summed E-state index contributed by atoms with van der Waals surface area (Å²) in [5.41, 5.74) is 0.621. The standard InChI is InChI=1S/C14H15BrFN3O/c1-19-6-2-3-9(19)8-20-14-13(16)12(15)10-4-5-17-7-11(10)18-14/h4-5,7,9H,2-3,6,8H2,1H3. The summed E-state index contributed by atoms with van der Waals surface area (Å²) in [6.07, 6.45) is 5.45. The van der Waals surface area contributed by atoms with Crippen molar-refractivity contribution in [3.05, 3.63) is 28.7 Å². The third kappa shape index (κ3) is 2.50. The molecule has 0 bridgehead atoms. The van der Waals surface area contributed by atoms with Gasteiger partial charge < -0.3 is 9.64 Å². The van der Waals surface area contributed by atoms with Crippen LogP contribution in [0.3, 0.4) is 0 Å². The first-order chi connectivity index (χ1) is 9.66. The molecule has 1 aliphatic heterocycles. The molecule has 1 fully saturated rings. The van der Waals surface area contributed by atoms with Crippen molar-refractivity contribution in [2.24, 2.45) is 0 Å². The van der Waals surface area contributed by atoms with E-state index in [1.807, 2.05) is 0 Å². The summed E-state index contributed by atoms with van der Waals surface area (Å²) in [7, 11) is 2.06. The minimum Gasteiger partial charge on any atom is -0.474 e. The van der Waals surface area contributed by atoms with Crippen molar-refractivity contribution in [3.63, 3.8) is 0 Å². The number of fused-ring (bicyclic) bond motifs is 1. The molecule has 2 aromatic rings. The zero-order valence-electron chi connectivity index (χ0n) is 11.1. The number of hydrogen-bond acceptors (Lipinski definition) is 4. The molecule has 1 saturated heterocycles. The van der Waals surface area contributed by atoms with Crippen LogP contribution in [0.25, 0.3) is 10.9 Å². The number of ether oxygens (including phenoxy) is 1. The molecule has 0 aliphatic carbocycles. The molecule has 0 saturated carbocycles. The predicted octanol–water partition coefficient (Wildman–Crippen LogP) is 3.00. The van der Waals surface area contributed by atoms with Crippen molar-refractivity contribution in [2.75, 3.05) is 20.2 Å². The van der Waals surface area contributed by atoms with Crippen molar-refractivity contribution >= 4 is 26.8 Å². The van der Waals surface area contributed by atoms with Gasteiger partial charge in [0.2, 0.25) is 0 Å². The number of nitrogens with zero attached hydrogens (tertiary/aromatic N) is 3. The van der Waals surface area contributed by atoms with Gasteiger partial charge in [-0.3, -0.25) is 4.98 Å². The van der Waals surface area contributed by atoms with Crippen LogP contribution in [0.1, 0.15) is 12.8 Å². The van der Waals surface area contributed by atoms with Crippen molar-refractivity contribution in [3.8, 4) is 5.88 Å². The number of rotatable bonds is 3. The number of likely N-dealkylation sites (tertiary alicyclic amines) is 1. The molecular weight excluding hydrogens is 325 g/mol.